The summed E-state index contributed by atoms with van der Waals surface area (Å²) in [5.74, 6) is -2.33. The first-order valence-corrected chi connectivity index (χ1v) is 9.22. The largest absolute Gasteiger partial charge is 0.464 e. The fourth-order valence-corrected chi connectivity index (χ4v) is 3.36. The van der Waals surface area contributed by atoms with Crippen molar-refractivity contribution in [3.05, 3.63) is 76.8 Å². The lowest BCUT2D eigenvalue weighted by Gasteiger charge is -2.10. The van der Waals surface area contributed by atoms with E-state index in [9.17, 15) is 8.78 Å². The number of hydrogen-bond donors (Lipinski definition) is 0. The zero-order chi connectivity index (χ0) is 19.7. The van der Waals surface area contributed by atoms with E-state index in [0.29, 0.717) is 5.69 Å². The van der Waals surface area contributed by atoms with Crippen molar-refractivity contribution in [2.45, 2.75) is 0 Å². The number of benzene rings is 3. The summed E-state index contributed by atoms with van der Waals surface area (Å²) in [5, 5.41) is 5.56. The van der Waals surface area contributed by atoms with E-state index >= 15 is 0 Å². The van der Waals surface area contributed by atoms with Crippen molar-refractivity contribution in [2.24, 2.45) is 0 Å². The van der Waals surface area contributed by atoms with Gasteiger partial charge in [0.05, 0.1) is 11.2 Å². The Morgan fingerprint density at radius 3 is 2.57 bits per heavy atom. The van der Waals surface area contributed by atoms with Crippen molar-refractivity contribution in [3.8, 4) is 22.7 Å². The number of fused-ring (bicyclic) bond motifs is 1. The fourth-order valence-electron chi connectivity index (χ4n) is 3.00. The minimum atomic E-state index is -1.07. The Kier molecular flexibility index (Phi) is 5.11. The SMILES string of the molecule is COCOc1cc(-n2nc(-c3ccccc3)c3cc(Br)ccc32)cc(F)c1F. The highest BCUT2D eigenvalue weighted by atomic mass is 79.9. The standard InChI is InChI=1S/C21H15BrF2N2O2/c1-27-12-28-19-11-15(10-17(23)20(19)24)26-18-8-7-14(22)9-16(18)21(25-26)13-5-3-2-4-6-13/h2-11H,12H2,1H3. The van der Waals surface area contributed by atoms with Gasteiger partial charge in [0.2, 0.25) is 5.82 Å². The van der Waals surface area contributed by atoms with Gasteiger partial charge in [0, 0.05) is 34.7 Å². The number of aromatic nitrogens is 2. The third-order valence-electron chi connectivity index (χ3n) is 4.25. The first-order chi connectivity index (χ1) is 13.6. The van der Waals surface area contributed by atoms with Crippen molar-refractivity contribution < 1.29 is 18.3 Å². The Labute approximate surface area is 168 Å². The highest BCUT2D eigenvalue weighted by molar-refractivity contribution is 9.10. The zero-order valence-corrected chi connectivity index (χ0v) is 16.4. The molecule has 0 atom stereocenters. The van der Waals surface area contributed by atoms with E-state index in [-0.39, 0.29) is 12.5 Å². The Hall–Kier alpha value is -2.77. The second-order valence-electron chi connectivity index (χ2n) is 6.08. The molecule has 0 aliphatic carbocycles. The number of halogens is 3. The van der Waals surface area contributed by atoms with Gasteiger partial charge in [0.1, 0.15) is 5.69 Å². The average Bonchev–Trinajstić information content (AvgIpc) is 3.08. The van der Waals surface area contributed by atoms with Gasteiger partial charge in [-0.1, -0.05) is 46.3 Å². The molecule has 0 aliphatic heterocycles. The van der Waals surface area contributed by atoms with E-state index in [1.807, 2.05) is 48.5 Å². The highest BCUT2D eigenvalue weighted by Gasteiger charge is 2.18. The lowest BCUT2D eigenvalue weighted by Crippen LogP contribution is -2.05. The smallest absolute Gasteiger partial charge is 0.200 e. The van der Waals surface area contributed by atoms with Crippen molar-refractivity contribution in [3.63, 3.8) is 0 Å². The van der Waals surface area contributed by atoms with E-state index in [2.05, 4.69) is 21.0 Å². The summed E-state index contributed by atoms with van der Waals surface area (Å²) in [5.41, 5.74) is 2.76. The van der Waals surface area contributed by atoms with E-state index in [1.165, 1.54) is 13.2 Å². The molecule has 0 unspecified atom stereocenters. The molecule has 1 aromatic heterocycles. The summed E-state index contributed by atoms with van der Waals surface area (Å²) in [6.45, 7) is -0.193. The maximum absolute atomic E-state index is 14.2. The van der Waals surface area contributed by atoms with Crippen LogP contribution >= 0.6 is 15.9 Å². The summed E-state index contributed by atoms with van der Waals surface area (Å²) >= 11 is 3.49. The van der Waals surface area contributed by atoms with Crippen LogP contribution in [0.5, 0.6) is 5.75 Å². The monoisotopic (exact) mass is 444 g/mol. The Bertz CT molecular complexity index is 1150. The van der Waals surface area contributed by atoms with Crippen LogP contribution in [0.25, 0.3) is 27.8 Å². The van der Waals surface area contributed by atoms with Crippen LogP contribution in [-0.4, -0.2) is 23.7 Å². The molecule has 0 radical (unpaired) electrons. The van der Waals surface area contributed by atoms with Gasteiger partial charge < -0.3 is 9.47 Å². The Morgan fingerprint density at radius 2 is 1.82 bits per heavy atom. The molecule has 0 saturated carbocycles. The quantitative estimate of drug-likeness (QED) is 0.369. The molecular weight excluding hydrogens is 430 g/mol. The lowest BCUT2D eigenvalue weighted by atomic mass is 10.1. The Balaban J connectivity index is 1.94. The fraction of sp³-hybridized carbons (Fsp3) is 0.0952. The molecule has 0 bridgehead atoms. The molecule has 1 heterocycles. The van der Waals surface area contributed by atoms with Crippen molar-refractivity contribution in [1.82, 2.24) is 9.78 Å². The maximum atomic E-state index is 14.2. The number of methoxy groups -OCH3 is 1. The molecule has 28 heavy (non-hydrogen) atoms. The first kappa shape index (κ1) is 18.6. The van der Waals surface area contributed by atoms with Crippen molar-refractivity contribution >= 4 is 26.8 Å². The molecule has 142 valence electrons. The van der Waals surface area contributed by atoms with Gasteiger partial charge in [0.25, 0.3) is 0 Å². The minimum absolute atomic E-state index is 0.193. The number of nitrogens with zero attached hydrogens (tertiary/aromatic N) is 2. The van der Waals surface area contributed by atoms with Crippen LogP contribution in [0.2, 0.25) is 0 Å². The highest BCUT2D eigenvalue weighted by Crippen LogP contribution is 2.33. The molecule has 4 rings (SSSR count). The minimum Gasteiger partial charge on any atom is -0.464 e. The van der Waals surface area contributed by atoms with Crippen LogP contribution in [-0.2, 0) is 4.74 Å². The molecule has 0 N–H and O–H groups in total. The summed E-state index contributed by atoms with van der Waals surface area (Å²) in [6.07, 6.45) is 0. The van der Waals surface area contributed by atoms with Gasteiger partial charge in [-0.05, 0) is 18.2 Å². The van der Waals surface area contributed by atoms with E-state index in [0.717, 1.165) is 32.7 Å². The van der Waals surface area contributed by atoms with Gasteiger partial charge in [-0.25, -0.2) is 9.07 Å². The van der Waals surface area contributed by atoms with Crippen LogP contribution in [0.3, 0.4) is 0 Å². The topological polar surface area (TPSA) is 36.3 Å². The van der Waals surface area contributed by atoms with Gasteiger partial charge in [0.15, 0.2) is 18.4 Å². The van der Waals surface area contributed by atoms with E-state index in [4.69, 9.17) is 9.47 Å². The van der Waals surface area contributed by atoms with Gasteiger partial charge in [-0.3, -0.25) is 0 Å². The molecule has 3 aromatic carbocycles. The lowest BCUT2D eigenvalue weighted by molar-refractivity contribution is 0.0478. The second kappa shape index (κ2) is 7.69. The van der Waals surface area contributed by atoms with Crippen LogP contribution in [0.4, 0.5) is 8.78 Å². The van der Waals surface area contributed by atoms with Crippen LogP contribution < -0.4 is 4.74 Å². The third kappa shape index (κ3) is 3.39. The molecule has 4 nitrogen and oxygen atoms in total. The first-order valence-electron chi connectivity index (χ1n) is 8.43. The molecule has 0 fully saturated rings. The Morgan fingerprint density at radius 1 is 1.04 bits per heavy atom. The van der Waals surface area contributed by atoms with E-state index < -0.39 is 11.6 Å². The van der Waals surface area contributed by atoms with Crippen LogP contribution in [0.15, 0.2) is 65.1 Å². The molecule has 0 saturated heterocycles. The normalized spacial score (nSPS) is 11.1. The van der Waals surface area contributed by atoms with Crippen molar-refractivity contribution in [1.29, 1.82) is 0 Å². The van der Waals surface area contributed by atoms with Crippen LogP contribution in [0, 0.1) is 11.6 Å². The number of hydrogen-bond acceptors (Lipinski definition) is 3. The van der Waals surface area contributed by atoms with E-state index in [1.54, 1.807) is 4.68 Å². The molecule has 4 aromatic rings. The second-order valence-corrected chi connectivity index (χ2v) is 6.99. The molecular formula is C21H15BrF2N2O2. The zero-order valence-electron chi connectivity index (χ0n) is 14.8. The summed E-state index contributed by atoms with van der Waals surface area (Å²) in [7, 11) is 1.41. The third-order valence-corrected chi connectivity index (χ3v) is 4.74. The number of rotatable bonds is 5. The summed E-state index contributed by atoms with van der Waals surface area (Å²) in [4.78, 5) is 0. The van der Waals surface area contributed by atoms with Gasteiger partial charge in [-0.2, -0.15) is 9.49 Å². The predicted octanol–water partition coefficient (Wildman–Crippen LogP) is 5.72. The van der Waals surface area contributed by atoms with Gasteiger partial charge >= 0.3 is 0 Å². The summed E-state index contributed by atoms with van der Waals surface area (Å²) < 4.78 is 40.7. The molecule has 0 amide bonds. The molecule has 0 spiro atoms. The summed E-state index contributed by atoms with van der Waals surface area (Å²) in [6, 6.07) is 17.9. The maximum Gasteiger partial charge on any atom is 0.200 e. The molecule has 7 heteroatoms. The van der Waals surface area contributed by atoms with Crippen LogP contribution in [0.1, 0.15) is 0 Å². The number of ether oxygens (including phenoxy) is 2. The predicted molar refractivity (Wildman–Crippen MR) is 107 cm³/mol. The van der Waals surface area contributed by atoms with Crippen molar-refractivity contribution in [2.75, 3.05) is 13.9 Å². The van der Waals surface area contributed by atoms with Gasteiger partial charge in [-0.15, -0.1) is 0 Å². The molecule has 0 aliphatic rings. The average molecular weight is 445 g/mol.